The number of hydrogen-bond acceptors (Lipinski definition) is 8. The van der Waals surface area contributed by atoms with Gasteiger partial charge in [-0.15, -0.1) is 0 Å². The Hall–Kier alpha value is -3.30. The second-order valence-corrected chi connectivity index (χ2v) is 9.59. The molecule has 0 unspecified atom stereocenters. The predicted molar refractivity (Wildman–Crippen MR) is 139 cm³/mol. The molecule has 1 atom stereocenters. The molecule has 1 aliphatic rings. The summed E-state index contributed by atoms with van der Waals surface area (Å²) in [5, 5.41) is 25.6. The number of aryl methyl sites for hydroxylation is 3. The minimum absolute atomic E-state index is 0.000141. The lowest BCUT2D eigenvalue weighted by atomic mass is 9.96. The third-order valence-corrected chi connectivity index (χ3v) is 6.89. The molecule has 1 saturated carbocycles. The molecule has 198 valence electrons. The van der Waals surface area contributed by atoms with E-state index in [1.54, 1.807) is 0 Å². The number of carbonyl (C=O) groups is 1. The Morgan fingerprint density at radius 3 is 2.59 bits per heavy atom. The zero-order valence-electron chi connectivity index (χ0n) is 21.8. The van der Waals surface area contributed by atoms with Crippen molar-refractivity contribution >= 4 is 5.91 Å². The first-order valence-electron chi connectivity index (χ1n) is 13.1. The first kappa shape index (κ1) is 26.8. The van der Waals surface area contributed by atoms with Crippen LogP contribution in [0.3, 0.4) is 0 Å². The van der Waals surface area contributed by atoms with Crippen LogP contribution in [0.5, 0.6) is 5.75 Å². The van der Waals surface area contributed by atoms with E-state index < -0.39 is 18.6 Å². The molecule has 9 heteroatoms. The van der Waals surface area contributed by atoms with Gasteiger partial charge in [-0.25, -0.2) is 0 Å². The number of pyridine rings is 1. The highest BCUT2D eigenvalue weighted by atomic mass is 16.5. The number of aromatic nitrogens is 3. The second-order valence-electron chi connectivity index (χ2n) is 9.59. The van der Waals surface area contributed by atoms with E-state index in [9.17, 15) is 9.90 Å². The minimum Gasteiger partial charge on any atom is -0.490 e. The molecule has 4 rings (SSSR count). The van der Waals surface area contributed by atoms with Crippen LogP contribution in [0, 0.1) is 6.92 Å². The topological polar surface area (TPSA) is 131 Å². The number of ether oxygens (including phenoxy) is 1. The van der Waals surface area contributed by atoms with E-state index in [2.05, 4.69) is 28.4 Å². The summed E-state index contributed by atoms with van der Waals surface area (Å²) >= 11 is 0. The first-order chi connectivity index (χ1) is 17.9. The fraction of sp³-hybridized carbons (Fsp3) is 0.500. The smallest absolute Gasteiger partial charge is 0.259 e. The summed E-state index contributed by atoms with van der Waals surface area (Å²) < 4.78 is 11.5. The highest BCUT2D eigenvalue weighted by Gasteiger charge is 2.22. The summed E-state index contributed by atoms with van der Waals surface area (Å²) in [6.45, 7) is 5.50. The van der Waals surface area contributed by atoms with Gasteiger partial charge in [0.2, 0.25) is 11.7 Å². The van der Waals surface area contributed by atoms with Crippen LogP contribution in [0.2, 0.25) is 0 Å². The van der Waals surface area contributed by atoms with Gasteiger partial charge in [0, 0.05) is 29.9 Å². The van der Waals surface area contributed by atoms with E-state index in [4.69, 9.17) is 19.4 Å². The van der Waals surface area contributed by atoms with Crippen molar-refractivity contribution in [1.29, 1.82) is 0 Å². The van der Waals surface area contributed by atoms with E-state index in [1.807, 2.05) is 32.2 Å². The van der Waals surface area contributed by atoms with E-state index in [0.717, 1.165) is 28.7 Å². The standard InChI is InChI=1S/C28H36N4O5/c1-4-18-11-22(13-30-25(18)20-8-6-7-9-20)28-31-27(32-37-28)21-10-17(3)26(19(5-2)12-21)36-16-23(34)14-29-24(35)15-33/h10-13,20,23,33-34H,4-9,14-16H2,1-3H3,(H,29,35)/t23-/m0/s1. The summed E-state index contributed by atoms with van der Waals surface area (Å²) in [5.74, 6) is 1.63. The molecule has 3 aromatic rings. The third-order valence-electron chi connectivity index (χ3n) is 6.89. The molecule has 3 N–H and O–H groups in total. The maximum absolute atomic E-state index is 11.2. The summed E-state index contributed by atoms with van der Waals surface area (Å²) in [5.41, 5.74) is 5.92. The first-order valence-corrected chi connectivity index (χ1v) is 13.1. The van der Waals surface area contributed by atoms with E-state index >= 15 is 0 Å². The third kappa shape index (κ3) is 6.34. The zero-order valence-corrected chi connectivity index (χ0v) is 21.8. The fourth-order valence-corrected chi connectivity index (χ4v) is 4.92. The Morgan fingerprint density at radius 2 is 1.89 bits per heavy atom. The van der Waals surface area contributed by atoms with E-state index in [-0.39, 0.29) is 13.2 Å². The number of aliphatic hydroxyl groups excluding tert-OH is 2. The number of carbonyl (C=O) groups excluding carboxylic acids is 1. The van der Waals surface area contributed by atoms with Crippen molar-refractivity contribution in [2.45, 2.75) is 71.3 Å². The molecule has 2 heterocycles. The molecular weight excluding hydrogens is 472 g/mol. The lowest BCUT2D eigenvalue weighted by Crippen LogP contribution is -2.36. The molecule has 37 heavy (non-hydrogen) atoms. The highest BCUT2D eigenvalue weighted by molar-refractivity contribution is 5.76. The number of nitrogens with zero attached hydrogens (tertiary/aromatic N) is 3. The van der Waals surface area contributed by atoms with Gasteiger partial charge in [0.1, 0.15) is 25.1 Å². The van der Waals surface area contributed by atoms with Gasteiger partial charge in [0.05, 0.1) is 5.56 Å². The molecule has 1 fully saturated rings. The van der Waals surface area contributed by atoms with Crippen molar-refractivity contribution in [2.75, 3.05) is 19.8 Å². The Bertz CT molecular complexity index is 1220. The van der Waals surface area contributed by atoms with Crippen molar-refractivity contribution in [3.05, 3.63) is 46.8 Å². The minimum atomic E-state index is -0.902. The van der Waals surface area contributed by atoms with Crippen molar-refractivity contribution in [2.24, 2.45) is 0 Å². The SMILES string of the molecule is CCc1cc(-c2nc(-c3cc(C)c(OC[C@@H](O)CNC(=O)CO)c(CC)c3)no2)cnc1C1CCCC1. The monoisotopic (exact) mass is 508 g/mol. The number of rotatable bonds is 11. The molecule has 0 saturated heterocycles. The van der Waals surface area contributed by atoms with Crippen LogP contribution in [0.15, 0.2) is 28.9 Å². The van der Waals surface area contributed by atoms with Gasteiger partial charge in [0.15, 0.2) is 0 Å². The zero-order chi connectivity index (χ0) is 26.4. The normalized spacial score (nSPS) is 14.6. The van der Waals surface area contributed by atoms with Gasteiger partial charge in [-0.3, -0.25) is 9.78 Å². The van der Waals surface area contributed by atoms with Gasteiger partial charge in [0.25, 0.3) is 5.89 Å². The molecule has 0 radical (unpaired) electrons. The van der Waals surface area contributed by atoms with Crippen molar-refractivity contribution in [3.63, 3.8) is 0 Å². The molecule has 0 bridgehead atoms. The van der Waals surface area contributed by atoms with Gasteiger partial charge < -0.3 is 24.8 Å². The summed E-state index contributed by atoms with van der Waals surface area (Å²) in [6.07, 6.45) is 7.53. The lowest BCUT2D eigenvalue weighted by molar-refractivity contribution is -0.124. The number of benzene rings is 1. The predicted octanol–water partition coefficient (Wildman–Crippen LogP) is 3.74. The fourth-order valence-electron chi connectivity index (χ4n) is 4.92. The molecule has 1 aliphatic carbocycles. The number of nitrogens with one attached hydrogen (secondary N) is 1. The van der Waals surface area contributed by atoms with Crippen LogP contribution in [-0.4, -0.2) is 57.1 Å². The maximum atomic E-state index is 11.2. The van der Waals surface area contributed by atoms with Crippen LogP contribution in [0.25, 0.3) is 22.8 Å². The Labute approximate surface area is 217 Å². The van der Waals surface area contributed by atoms with Gasteiger partial charge in [-0.05, 0) is 67.5 Å². The summed E-state index contributed by atoms with van der Waals surface area (Å²) in [7, 11) is 0. The highest BCUT2D eigenvalue weighted by Crippen LogP contribution is 2.36. The lowest BCUT2D eigenvalue weighted by Gasteiger charge is -2.17. The average molecular weight is 509 g/mol. The van der Waals surface area contributed by atoms with Crippen LogP contribution in [0.4, 0.5) is 0 Å². The van der Waals surface area contributed by atoms with Crippen LogP contribution in [-0.2, 0) is 17.6 Å². The van der Waals surface area contributed by atoms with Crippen molar-refractivity contribution in [3.8, 4) is 28.6 Å². The maximum Gasteiger partial charge on any atom is 0.259 e. The number of aliphatic hydroxyl groups is 2. The molecule has 2 aromatic heterocycles. The molecular formula is C28H36N4O5. The largest absolute Gasteiger partial charge is 0.490 e. The van der Waals surface area contributed by atoms with Gasteiger partial charge in [-0.1, -0.05) is 31.8 Å². The van der Waals surface area contributed by atoms with E-state index in [1.165, 1.54) is 36.9 Å². The van der Waals surface area contributed by atoms with Crippen LogP contribution in [0.1, 0.15) is 67.8 Å². The van der Waals surface area contributed by atoms with Gasteiger partial charge >= 0.3 is 0 Å². The molecule has 0 spiro atoms. The second kappa shape index (κ2) is 12.3. The van der Waals surface area contributed by atoms with E-state index in [0.29, 0.717) is 29.8 Å². The van der Waals surface area contributed by atoms with Crippen molar-refractivity contribution in [1.82, 2.24) is 20.4 Å². The number of hydrogen-bond donors (Lipinski definition) is 3. The Kier molecular flexibility index (Phi) is 8.89. The molecule has 1 amide bonds. The molecule has 0 aliphatic heterocycles. The molecule has 9 nitrogen and oxygen atoms in total. The quantitative estimate of drug-likeness (QED) is 0.357. The summed E-state index contributed by atoms with van der Waals surface area (Å²) in [4.78, 5) is 20.6. The number of amides is 1. The van der Waals surface area contributed by atoms with Crippen LogP contribution >= 0.6 is 0 Å². The summed E-state index contributed by atoms with van der Waals surface area (Å²) in [6, 6.07) is 6.03. The average Bonchev–Trinajstić information content (AvgIpc) is 3.63. The Morgan fingerprint density at radius 1 is 1.16 bits per heavy atom. The Balaban J connectivity index is 1.50. The molecule has 1 aromatic carbocycles. The van der Waals surface area contributed by atoms with Gasteiger partial charge in [-0.2, -0.15) is 4.98 Å². The van der Waals surface area contributed by atoms with Crippen molar-refractivity contribution < 1.29 is 24.3 Å². The van der Waals surface area contributed by atoms with Crippen LogP contribution < -0.4 is 10.1 Å².